The first-order valence-electron chi connectivity index (χ1n) is 7.07. The molecule has 98 valence electrons. The Labute approximate surface area is 115 Å². The molecule has 1 nitrogen and oxygen atoms in total. The van der Waals surface area contributed by atoms with Gasteiger partial charge in [-0.15, -0.1) is 0 Å². The van der Waals surface area contributed by atoms with Crippen molar-refractivity contribution in [3.63, 3.8) is 0 Å². The average Bonchev–Trinajstić information content (AvgIpc) is 2.69. The van der Waals surface area contributed by atoms with E-state index in [1.165, 1.54) is 36.0 Å². The Bertz CT molecular complexity index is 545. The quantitative estimate of drug-likeness (QED) is 0.722. The topological polar surface area (TPSA) is 9.23 Å². The molecule has 1 atom stereocenters. The second-order valence-electron chi connectivity index (χ2n) is 5.34. The monoisotopic (exact) mass is 252 g/mol. The highest BCUT2D eigenvalue weighted by Gasteiger charge is 2.18. The Morgan fingerprint density at radius 1 is 1.00 bits per heavy atom. The van der Waals surface area contributed by atoms with E-state index in [0.717, 1.165) is 12.2 Å². The van der Waals surface area contributed by atoms with Crippen LogP contribution in [0.25, 0.3) is 0 Å². The molecule has 0 heterocycles. The fourth-order valence-electron chi connectivity index (χ4n) is 3.08. The maximum absolute atomic E-state index is 5.33. The highest BCUT2D eigenvalue weighted by molar-refractivity contribution is 5.38. The molecule has 0 fully saturated rings. The third-order valence-corrected chi connectivity index (χ3v) is 4.15. The minimum absolute atomic E-state index is 0.663. The first-order valence-corrected chi connectivity index (χ1v) is 7.07. The molecule has 1 unspecified atom stereocenters. The lowest BCUT2D eigenvalue weighted by molar-refractivity contribution is 0.414. The van der Waals surface area contributed by atoms with E-state index in [0.29, 0.717) is 5.92 Å². The SMILES string of the molecule is COc1ccc2c(c1)CCCC(c1ccccc1)C2. The van der Waals surface area contributed by atoms with Crippen molar-refractivity contribution in [2.24, 2.45) is 0 Å². The molecule has 0 amide bonds. The minimum atomic E-state index is 0.663. The third-order valence-electron chi connectivity index (χ3n) is 4.15. The molecule has 2 aromatic rings. The first kappa shape index (κ1) is 12.3. The summed E-state index contributed by atoms with van der Waals surface area (Å²) in [5.74, 6) is 1.65. The fraction of sp³-hybridized carbons (Fsp3) is 0.333. The summed E-state index contributed by atoms with van der Waals surface area (Å²) in [6.45, 7) is 0. The van der Waals surface area contributed by atoms with Crippen LogP contribution in [-0.4, -0.2) is 7.11 Å². The zero-order valence-corrected chi connectivity index (χ0v) is 11.4. The van der Waals surface area contributed by atoms with Gasteiger partial charge in [-0.1, -0.05) is 36.4 Å². The summed E-state index contributed by atoms with van der Waals surface area (Å²) in [5.41, 5.74) is 4.44. The van der Waals surface area contributed by atoms with Crippen molar-refractivity contribution in [3.8, 4) is 5.75 Å². The summed E-state index contributed by atoms with van der Waals surface area (Å²) < 4.78 is 5.33. The lowest BCUT2D eigenvalue weighted by Crippen LogP contribution is -2.01. The van der Waals surface area contributed by atoms with E-state index in [9.17, 15) is 0 Å². The van der Waals surface area contributed by atoms with Crippen molar-refractivity contribution in [1.82, 2.24) is 0 Å². The van der Waals surface area contributed by atoms with Gasteiger partial charge in [0.05, 0.1) is 7.11 Å². The summed E-state index contributed by atoms with van der Waals surface area (Å²) in [4.78, 5) is 0. The van der Waals surface area contributed by atoms with Gasteiger partial charge in [0.1, 0.15) is 5.75 Å². The number of aryl methyl sites for hydroxylation is 1. The van der Waals surface area contributed by atoms with E-state index in [-0.39, 0.29) is 0 Å². The van der Waals surface area contributed by atoms with Gasteiger partial charge in [0.2, 0.25) is 0 Å². The largest absolute Gasteiger partial charge is 0.497 e. The zero-order valence-electron chi connectivity index (χ0n) is 11.4. The van der Waals surface area contributed by atoms with Gasteiger partial charge in [0.15, 0.2) is 0 Å². The summed E-state index contributed by atoms with van der Waals surface area (Å²) >= 11 is 0. The second-order valence-corrected chi connectivity index (χ2v) is 5.34. The van der Waals surface area contributed by atoms with Gasteiger partial charge in [-0.2, -0.15) is 0 Å². The summed E-state index contributed by atoms with van der Waals surface area (Å²) in [7, 11) is 1.74. The van der Waals surface area contributed by atoms with Crippen LogP contribution >= 0.6 is 0 Å². The van der Waals surface area contributed by atoms with Gasteiger partial charge in [-0.05, 0) is 60.4 Å². The third kappa shape index (κ3) is 2.65. The Morgan fingerprint density at radius 3 is 2.63 bits per heavy atom. The van der Waals surface area contributed by atoms with Gasteiger partial charge in [0.25, 0.3) is 0 Å². The summed E-state index contributed by atoms with van der Waals surface area (Å²) in [6, 6.07) is 17.5. The summed E-state index contributed by atoms with van der Waals surface area (Å²) in [5, 5.41) is 0. The first-order chi connectivity index (χ1) is 9.36. The number of benzene rings is 2. The molecule has 1 heteroatoms. The Morgan fingerprint density at radius 2 is 1.84 bits per heavy atom. The molecule has 0 spiro atoms. The highest BCUT2D eigenvalue weighted by atomic mass is 16.5. The van der Waals surface area contributed by atoms with Crippen LogP contribution < -0.4 is 4.74 Å². The van der Waals surface area contributed by atoms with Crippen LogP contribution in [0.15, 0.2) is 48.5 Å². The lowest BCUT2D eigenvalue weighted by Gasteiger charge is -2.15. The van der Waals surface area contributed by atoms with Crippen molar-refractivity contribution in [1.29, 1.82) is 0 Å². The highest BCUT2D eigenvalue weighted by Crippen LogP contribution is 2.32. The van der Waals surface area contributed by atoms with Gasteiger partial charge in [-0.25, -0.2) is 0 Å². The van der Waals surface area contributed by atoms with Gasteiger partial charge >= 0.3 is 0 Å². The minimum Gasteiger partial charge on any atom is -0.497 e. The van der Waals surface area contributed by atoms with Crippen molar-refractivity contribution >= 4 is 0 Å². The molecule has 0 saturated carbocycles. The van der Waals surface area contributed by atoms with Crippen molar-refractivity contribution in [3.05, 3.63) is 65.2 Å². The van der Waals surface area contributed by atoms with E-state index in [4.69, 9.17) is 4.74 Å². The molecule has 0 N–H and O–H groups in total. The molecule has 0 aliphatic heterocycles. The molecule has 0 saturated heterocycles. The van der Waals surface area contributed by atoms with Crippen LogP contribution in [0.5, 0.6) is 5.75 Å². The summed E-state index contributed by atoms with van der Waals surface area (Å²) in [6.07, 6.45) is 4.87. The molecular formula is C18H20O. The normalized spacial score (nSPS) is 18.5. The fourth-order valence-corrected chi connectivity index (χ4v) is 3.08. The zero-order chi connectivity index (χ0) is 13.1. The van der Waals surface area contributed by atoms with Gasteiger partial charge in [0, 0.05) is 0 Å². The maximum atomic E-state index is 5.33. The Kier molecular flexibility index (Phi) is 3.54. The Hall–Kier alpha value is -1.76. The van der Waals surface area contributed by atoms with Gasteiger partial charge < -0.3 is 4.74 Å². The van der Waals surface area contributed by atoms with E-state index in [1.54, 1.807) is 7.11 Å². The van der Waals surface area contributed by atoms with Crippen LogP contribution in [-0.2, 0) is 12.8 Å². The van der Waals surface area contributed by atoms with Crippen LogP contribution in [0.1, 0.15) is 35.4 Å². The number of hydrogen-bond acceptors (Lipinski definition) is 1. The van der Waals surface area contributed by atoms with E-state index >= 15 is 0 Å². The van der Waals surface area contributed by atoms with Crippen LogP contribution in [0.4, 0.5) is 0 Å². The van der Waals surface area contributed by atoms with Crippen LogP contribution in [0.3, 0.4) is 0 Å². The molecule has 0 aromatic heterocycles. The molecule has 1 aliphatic rings. The van der Waals surface area contributed by atoms with Crippen LogP contribution in [0.2, 0.25) is 0 Å². The molecule has 3 rings (SSSR count). The Balaban J connectivity index is 1.89. The number of hydrogen-bond donors (Lipinski definition) is 0. The van der Waals surface area contributed by atoms with E-state index < -0.39 is 0 Å². The number of ether oxygens (including phenoxy) is 1. The molecule has 1 aliphatic carbocycles. The average molecular weight is 252 g/mol. The van der Waals surface area contributed by atoms with Crippen molar-refractivity contribution < 1.29 is 4.74 Å². The molecule has 0 radical (unpaired) electrons. The van der Waals surface area contributed by atoms with Crippen molar-refractivity contribution in [2.75, 3.05) is 7.11 Å². The predicted octanol–water partition coefficient (Wildman–Crippen LogP) is 4.36. The van der Waals surface area contributed by atoms with Crippen molar-refractivity contribution in [2.45, 2.75) is 31.6 Å². The predicted molar refractivity (Wildman–Crippen MR) is 78.8 cm³/mol. The molecule has 0 bridgehead atoms. The van der Waals surface area contributed by atoms with Gasteiger partial charge in [-0.3, -0.25) is 0 Å². The second kappa shape index (κ2) is 5.48. The number of methoxy groups -OCH3 is 1. The van der Waals surface area contributed by atoms with E-state index in [2.05, 4.69) is 48.5 Å². The molecule has 2 aromatic carbocycles. The maximum Gasteiger partial charge on any atom is 0.119 e. The smallest absolute Gasteiger partial charge is 0.119 e. The molecular weight excluding hydrogens is 232 g/mol. The van der Waals surface area contributed by atoms with Crippen LogP contribution in [0, 0.1) is 0 Å². The number of rotatable bonds is 2. The van der Waals surface area contributed by atoms with E-state index in [1.807, 2.05) is 0 Å². The lowest BCUT2D eigenvalue weighted by atomic mass is 9.90. The number of fused-ring (bicyclic) bond motifs is 1. The standard InChI is InChI=1S/C18H20O/c1-19-18-11-10-17-12-15(8-5-9-16(17)13-18)14-6-3-2-4-7-14/h2-4,6-7,10-11,13,15H,5,8-9,12H2,1H3. The molecule has 19 heavy (non-hydrogen) atoms.